The Morgan fingerprint density at radius 2 is 1.04 bits per heavy atom. The molecule has 7 heteroatoms. The van der Waals surface area contributed by atoms with E-state index in [2.05, 4.69) is 38.8 Å². The van der Waals surface area contributed by atoms with Crippen molar-refractivity contribution in [3.8, 4) is 11.5 Å². The molecular weight excluding hydrogens is 578 g/mol. The predicted molar refractivity (Wildman–Crippen MR) is 181 cm³/mol. The van der Waals surface area contributed by atoms with Crippen molar-refractivity contribution in [1.82, 2.24) is 0 Å². The molecule has 7 nitrogen and oxygen atoms in total. The third-order valence-electron chi connectivity index (χ3n) is 7.49. The number of unbranched alkanes of at least 4 members (excludes halogenated alkanes) is 1. The van der Waals surface area contributed by atoms with Crippen molar-refractivity contribution in [3.63, 3.8) is 0 Å². The molecule has 46 heavy (non-hydrogen) atoms. The number of hydrogen-bond donors (Lipinski definition) is 1. The van der Waals surface area contributed by atoms with Crippen LogP contribution in [0.25, 0.3) is 0 Å². The Hall–Kier alpha value is -5.53. The molecule has 0 saturated carbocycles. The summed E-state index contributed by atoms with van der Waals surface area (Å²) in [5.41, 5.74) is 5.17. The monoisotopic (exact) mass is 615 g/mol. The third kappa shape index (κ3) is 8.34. The van der Waals surface area contributed by atoms with E-state index in [9.17, 15) is 19.5 Å². The van der Waals surface area contributed by atoms with Gasteiger partial charge in [-0.3, -0.25) is 4.79 Å². The molecule has 1 N–H and O–H groups in total. The van der Waals surface area contributed by atoms with Crippen molar-refractivity contribution >= 4 is 34.8 Å². The van der Waals surface area contributed by atoms with Gasteiger partial charge in [0.2, 0.25) is 0 Å². The van der Waals surface area contributed by atoms with Crippen LogP contribution in [-0.2, 0) is 14.4 Å². The molecule has 0 aliphatic carbocycles. The number of ether oxygens (including phenoxy) is 2. The lowest BCUT2D eigenvalue weighted by Gasteiger charge is -2.27. The van der Waals surface area contributed by atoms with Gasteiger partial charge in [0.25, 0.3) is 0 Å². The van der Waals surface area contributed by atoms with Crippen molar-refractivity contribution in [2.45, 2.75) is 38.2 Å². The molecule has 0 spiro atoms. The van der Waals surface area contributed by atoms with Gasteiger partial charge in [-0.2, -0.15) is 0 Å². The molecule has 0 aliphatic heterocycles. The number of ketones is 1. The van der Waals surface area contributed by atoms with Crippen LogP contribution in [0.15, 0.2) is 135 Å². The lowest BCUT2D eigenvalue weighted by atomic mass is 9.87. The van der Waals surface area contributed by atoms with Crippen LogP contribution >= 0.6 is 0 Å². The van der Waals surface area contributed by atoms with Crippen molar-refractivity contribution in [3.05, 3.63) is 152 Å². The van der Waals surface area contributed by atoms with E-state index in [1.165, 1.54) is 0 Å². The van der Waals surface area contributed by atoms with Gasteiger partial charge in [-0.25, -0.2) is 9.59 Å². The third-order valence-corrected chi connectivity index (χ3v) is 7.49. The van der Waals surface area contributed by atoms with Gasteiger partial charge in [0.05, 0.1) is 0 Å². The Bertz CT molecular complexity index is 1670. The maximum absolute atomic E-state index is 12.0. The minimum Gasteiger partial charge on any atom is -0.423 e. The van der Waals surface area contributed by atoms with Gasteiger partial charge in [-0.1, -0.05) is 75.9 Å². The van der Waals surface area contributed by atoms with Crippen molar-refractivity contribution in [2.75, 3.05) is 4.90 Å². The number of nitrogens with zero attached hydrogens (tertiary/aromatic N) is 1. The molecule has 0 radical (unpaired) electrons. The maximum Gasteiger partial charge on any atom is 0.335 e. The van der Waals surface area contributed by atoms with Gasteiger partial charge in [-0.05, 0) is 89.9 Å². The van der Waals surface area contributed by atoms with Crippen LogP contribution in [0.4, 0.5) is 17.1 Å². The molecule has 0 heterocycles. The highest BCUT2D eigenvalue weighted by atomic mass is 16.5. The first kappa shape index (κ1) is 33.4. The smallest absolute Gasteiger partial charge is 0.335 e. The summed E-state index contributed by atoms with van der Waals surface area (Å²) in [5.74, 6) is -0.545. The van der Waals surface area contributed by atoms with Crippen LogP contribution in [0.2, 0.25) is 0 Å². The van der Waals surface area contributed by atoms with E-state index >= 15 is 0 Å². The molecule has 0 saturated heterocycles. The lowest BCUT2D eigenvalue weighted by molar-refractivity contribution is -0.129. The first-order chi connectivity index (χ1) is 22.3. The Labute approximate surface area is 269 Å². The summed E-state index contributed by atoms with van der Waals surface area (Å²) in [4.78, 5) is 37.3. The van der Waals surface area contributed by atoms with E-state index in [0.717, 1.165) is 65.7 Å². The molecule has 4 aromatic carbocycles. The molecule has 2 atom stereocenters. The highest BCUT2D eigenvalue weighted by Crippen LogP contribution is 2.38. The summed E-state index contributed by atoms with van der Waals surface area (Å²) in [5, 5.41) is 10.4. The Morgan fingerprint density at radius 1 is 0.652 bits per heavy atom. The standard InChI is InChI=1S/C39H37NO6/c1-5-9-10-35(28-15-23-33(24-16-28)45-37(42)7-3)27-11-17-30(18-12-27)40(32-21-25-34(26-22-32)46-38(43)8-4)31-19-13-29(14-20-31)39(44)36(41)6-2/h6-8,11-26,35,39,44H,2-5,9-10H2,1H3. The van der Waals surface area contributed by atoms with E-state index in [-0.39, 0.29) is 5.92 Å². The van der Waals surface area contributed by atoms with Crippen LogP contribution in [0.5, 0.6) is 11.5 Å². The molecule has 0 bridgehead atoms. The predicted octanol–water partition coefficient (Wildman–Crippen LogP) is 8.45. The van der Waals surface area contributed by atoms with Crippen molar-refractivity contribution in [2.24, 2.45) is 0 Å². The van der Waals surface area contributed by atoms with E-state index < -0.39 is 23.8 Å². The zero-order chi connectivity index (χ0) is 33.1. The average Bonchev–Trinajstić information content (AvgIpc) is 3.10. The number of aliphatic hydroxyl groups is 1. The van der Waals surface area contributed by atoms with Crippen LogP contribution in [0.1, 0.15) is 54.9 Å². The summed E-state index contributed by atoms with van der Waals surface area (Å²) in [6.07, 6.45) is 5.10. The van der Waals surface area contributed by atoms with Gasteiger partial charge in [0.15, 0.2) is 5.78 Å². The molecule has 0 amide bonds. The van der Waals surface area contributed by atoms with E-state index in [1.54, 1.807) is 36.4 Å². The van der Waals surface area contributed by atoms with Crippen LogP contribution in [0.3, 0.4) is 0 Å². The van der Waals surface area contributed by atoms with Gasteiger partial charge >= 0.3 is 11.9 Å². The fraction of sp³-hybridized carbons (Fsp3) is 0.154. The summed E-state index contributed by atoms with van der Waals surface area (Å²) in [6, 6.07) is 30.0. The van der Waals surface area contributed by atoms with E-state index in [4.69, 9.17) is 9.47 Å². The second-order valence-electron chi connectivity index (χ2n) is 10.5. The highest BCUT2D eigenvalue weighted by Gasteiger charge is 2.19. The fourth-order valence-electron chi connectivity index (χ4n) is 5.07. The number of aliphatic hydroxyl groups excluding tert-OH is 1. The number of benzene rings is 4. The molecule has 0 aromatic heterocycles. The van der Waals surface area contributed by atoms with Crippen LogP contribution in [0, 0.1) is 0 Å². The SMILES string of the molecule is C=CC(=O)Oc1ccc(C(CCCC)c2ccc(N(c3ccc(OC(=O)C=C)cc3)c3ccc(C(O)C(=O)C=C)cc3)cc2)cc1. The quantitative estimate of drug-likeness (QED) is 0.0815. The highest BCUT2D eigenvalue weighted by molar-refractivity contribution is 5.93. The zero-order valence-electron chi connectivity index (χ0n) is 25.8. The summed E-state index contributed by atoms with van der Waals surface area (Å²) < 4.78 is 10.5. The summed E-state index contributed by atoms with van der Waals surface area (Å²) >= 11 is 0. The van der Waals surface area contributed by atoms with Crippen LogP contribution in [-0.4, -0.2) is 22.8 Å². The molecular formula is C39H37NO6. The Morgan fingerprint density at radius 3 is 1.46 bits per heavy atom. The number of hydrogen-bond acceptors (Lipinski definition) is 7. The second kappa shape index (κ2) is 16.0. The van der Waals surface area contributed by atoms with E-state index in [0.29, 0.717) is 17.1 Å². The second-order valence-corrected chi connectivity index (χ2v) is 10.5. The van der Waals surface area contributed by atoms with E-state index in [1.807, 2.05) is 53.4 Å². The lowest BCUT2D eigenvalue weighted by Crippen LogP contribution is -2.12. The zero-order valence-corrected chi connectivity index (χ0v) is 25.8. The number of anilines is 3. The molecule has 234 valence electrons. The topological polar surface area (TPSA) is 93.1 Å². The van der Waals surface area contributed by atoms with Gasteiger partial charge in [0.1, 0.15) is 17.6 Å². The first-order valence-electron chi connectivity index (χ1n) is 15.0. The largest absolute Gasteiger partial charge is 0.423 e. The maximum atomic E-state index is 12.0. The average molecular weight is 616 g/mol. The molecule has 4 aromatic rings. The Kier molecular flexibility index (Phi) is 11.6. The van der Waals surface area contributed by atoms with Gasteiger partial charge in [-0.15, -0.1) is 0 Å². The summed E-state index contributed by atoms with van der Waals surface area (Å²) in [7, 11) is 0. The van der Waals surface area contributed by atoms with Crippen LogP contribution < -0.4 is 14.4 Å². The first-order valence-corrected chi connectivity index (χ1v) is 15.0. The summed E-state index contributed by atoms with van der Waals surface area (Å²) in [6.45, 7) is 12.5. The van der Waals surface area contributed by atoms with Crippen molar-refractivity contribution < 1.29 is 29.0 Å². The molecule has 4 rings (SSSR count). The normalized spacial score (nSPS) is 11.9. The minimum atomic E-state index is -1.29. The molecule has 2 unspecified atom stereocenters. The number of carbonyl (C=O) groups excluding carboxylic acids is 3. The molecule has 0 aliphatic rings. The van der Waals surface area contributed by atoms with Crippen molar-refractivity contribution in [1.29, 1.82) is 0 Å². The minimum absolute atomic E-state index is 0.133. The Balaban J connectivity index is 1.69. The number of rotatable bonds is 15. The number of carbonyl (C=O) groups is 3. The molecule has 0 fully saturated rings. The van der Waals surface area contributed by atoms with Gasteiger partial charge in [0, 0.05) is 35.1 Å². The fourth-order valence-corrected chi connectivity index (χ4v) is 5.07. The van der Waals surface area contributed by atoms with Gasteiger partial charge < -0.3 is 19.5 Å². The number of esters is 2.